The molecule has 0 saturated carbocycles. The standard InChI is InChI=1S/C20H26N4O2/c1-4-11-21-20(26)18-22-17(15-10-5-6-12-24(15)18)19(25)23-16-13(2)8-7-9-14(16)3/h7-9H,4-6,10-12H2,1-3H3,(H,21,26)(H,23,25). The first-order valence-corrected chi connectivity index (χ1v) is 9.28. The van der Waals surface area contributed by atoms with E-state index in [0.29, 0.717) is 18.1 Å². The van der Waals surface area contributed by atoms with Gasteiger partial charge in [-0.15, -0.1) is 0 Å². The molecule has 0 atom stereocenters. The van der Waals surface area contributed by atoms with E-state index >= 15 is 0 Å². The minimum atomic E-state index is -0.248. The molecule has 0 spiro atoms. The van der Waals surface area contributed by atoms with Crippen molar-refractivity contribution in [2.75, 3.05) is 11.9 Å². The molecule has 0 bridgehead atoms. The Labute approximate surface area is 154 Å². The van der Waals surface area contributed by atoms with E-state index in [4.69, 9.17) is 0 Å². The molecule has 0 aliphatic carbocycles. The third-order valence-corrected chi connectivity index (χ3v) is 4.79. The predicted molar refractivity (Wildman–Crippen MR) is 102 cm³/mol. The summed E-state index contributed by atoms with van der Waals surface area (Å²) in [5.41, 5.74) is 4.06. The molecule has 0 fully saturated rings. The van der Waals surface area contributed by atoms with Crippen molar-refractivity contribution in [3.8, 4) is 0 Å². The molecule has 3 rings (SSSR count). The van der Waals surface area contributed by atoms with Crippen molar-refractivity contribution in [3.05, 3.63) is 46.5 Å². The minimum absolute atomic E-state index is 0.207. The first kappa shape index (κ1) is 18.2. The zero-order valence-electron chi connectivity index (χ0n) is 15.7. The molecule has 26 heavy (non-hydrogen) atoms. The second kappa shape index (κ2) is 7.72. The predicted octanol–water partition coefficient (Wildman–Crippen LogP) is 3.23. The summed E-state index contributed by atoms with van der Waals surface area (Å²) in [4.78, 5) is 29.8. The van der Waals surface area contributed by atoms with Crippen molar-refractivity contribution in [1.29, 1.82) is 0 Å². The normalized spacial score (nSPS) is 13.2. The number of carbonyl (C=O) groups is 2. The zero-order valence-corrected chi connectivity index (χ0v) is 15.7. The molecule has 0 saturated heterocycles. The molecule has 2 heterocycles. The van der Waals surface area contributed by atoms with E-state index in [2.05, 4.69) is 15.6 Å². The molecule has 1 aliphatic heterocycles. The van der Waals surface area contributed by atoms with Gasteiger partial charge in [-0.3, -0.25) is 9.59 Å². The van der Waals surface area contributed by atoms with Gasteiger partial charge < -0.3 is 15.2 Å². The lowest BCUT2D eigenvalue weighted by Crippen LogP contribution is -2.28. The van der Waals surface area contributed by atoms with Gasteiger partial charge in [-0.25, -0.2) is 4.98 Å². The number of hydrogen-bond acceptors (Lipinski definition) is 3. The number of hydrogen-bond donors (Lipinski definition) is 2. The number of benzene rings is 1. The summed E-state index contributed by atoms with van der Waals surface area (Å²) >= 11 is 0. The van der Waals surface area contributed by atoms with E-state index in [0.717, 1.165) is 54.7 Å². The number of aromatic nitrogens is 2. The lowest BCUT2D eigenvalue weighted by atomic mass is 10.1. The molecule has 2 amide bonds. The highest BCUT2D eigenvalue weighted by atomic mass is 16.2. The summed E-state index contributed by atoms with van der Waals surface area (Å²) in [6, 6.07) is 5.90. The van der Waals surface area contributed by atoms with Crippen molar-refractivity contribution in [2.24, 2.45) is 0 Å². The lowest BCUT2D eigenvalue weighted by molar-refractivity contribution is 0.0937. The van der Waals surface area contributed by atoms with Crippen molar-refractivity contribution >= 4 is 17.5 Å². The molecule has 138 valence electrons. The number of nitrogens with one attached hydrogen (secondary N) is 2. The number of carbonyl (C=O) groups excluding carboxylic acids is 2. The summed E-state index contributed by atoms with van der Waals surface area (Å²) in [6.07, 6.45) is 3.63. The monoisotopic (exact) mass is 354 g/mol. The number of aryl methyl sites for hydroxylation is 2. The van der Waals surface area contributed by atoms with Gasteiger partial charge in [0.25, 0.3) is 11.8 Å². The Hall–Kier alpha value is -2.63. The Balaban J connectivity index is 1.93. The Morgan fingerprint density at radius 3 is 2.58 bits per heavy atom. The third kappa shape index (κ3) is 3.49. The van der Waals surface area contributed by atoms with Crippen LogP contribution in [0, 0.1) is 13.8 Å². The van der Waals surface area contributed by atoms with Gasteiger partial charge in [0, 0.05) is 18.8 Å². The summed E-state index contributed by atoms with van der Waals surface area (Å²) in [5.74, 6) is -0.108. The van der Waals surface area contributed by atoms with E-state index in [-0.39, 0.29) is 11.8 Å². The van der Waals surface area contributed by atoms with Crippen LogP contribution in [0.5, 0.6) is 0 Å². The molecule has 1 aromatic heterocycles. The van der Waals surface area contributed by atoms with E-state index < -0.39 is 0 Å². The van der Waals surface area contributed by atoms with Crippen LogP contribution in [0.4, 0.5) is 5.69 Å². The summed E-state index contributed by atoms with van der Waals surface area (Å²) < 4.78 is 1.91. The Kier molecular flexibility index (Phi) is 5.40. The fourth-order valence-corrected chi connectivity index (χ4v) is 3.40. The number of rotatable bonds is 5. The number of imidazole rings is 1. The van der Waals surface area contributed by atoms with Crippen molar-refractivity contribution in [1.82, 2.24) is 14.9 Å². The average Bonchev–Trinajstić information content (AvgIpc) is 3.02. The average molecular weight is 354 g/mol. The largest absolute Gasteiger partial charge is 0.349 e. The SMILES string of the molecule is CCCNC(=O)c1nc(C(=O)Nc2c(C)cccc2C)c2n1CCCC2. The topological polar surface area (TPSA) is 76.0 Å². The number of para-hydroxylation sites is 1. The summed E-state index contributed by atoms with van der Waals surface area (Å²) in [5, 5.41) is 5.86. The van der Waals surface area contributed by atoms with Crippen LogP contribution in [-0.2, 0) is 13.0 Å². The zero-order chi connectivity index (χ0) is 18.7. The molecule has 6 nitrogen and oxygen atoms in total. The molecule has 0 radical (unpaired) electrons. The molecule has 2 N–H and O–H groups in total. The van der Waals surface area contributed by atoms with Crippen LogP contribution in [0.2, 0.25) is 0 Å². The van der Waals surface area contributed by atoms with Crippen LogP contribution in [0.3, 0.4) is 0 Å². The maximum atomic E-state index is 12.9. The van der Waals surface area contributed by atoms with Crippen molar-refractivity contribution in [2.45, 2.75) is 53.0 Å². The molecule has 0 unspecified atom stereocenters. The maximum absolute atomic E-state index is 12.9. The molecule has 1 aromatic carbocycles. The van der Waals surface area contributed by atoms with Gasteiger partial charge in [-0.2, -0.15) is 0 Å². The van der Waals surface area contributed by atoms with Gasteiger partial charge in [-0.05, 0) is 50.7 Å². The van der Waals surface area contributed by atoms with E-state index in [1.807, 2.05) is 43.5 Å². The number of anilines is 1. The van der Waals surface area contributed by atoms with Crippen molar-refractivity contribution in [3.63, 3.8) is 0 Å². The van der Waals surface area contributed by atoms with Crippen molar-refractivity contribution < 1.29 is 9.59 Å². The molecule has 6 heteroatoms. The summed E-state index contributed by atoms with van der Waals surface area (Å²) in [6.45, 7) is 7.27. The van der Waals surface area contributed by atoms with Gasteiger partial charge in [-0.1, -0.05) is 25.1 Å². The molecule has 1 aliphatic rings. The van der Waals surface area contributed by atoms with Crippen LogP contribution in [0.1, 0.15) is 64.1 Å². The fraction of sp³-hybridized carbons (Fsp3) is 0.450. The van der Waals surface area contributed by atoms with Crippen LogP contribution in [-0.4, -0.2) is 27.9 Å². The van der Waals surface area contributed by atoms with Gasteiger partial charge in [0.2, 0.25) is 0 Å². The lowest BCUT2D eigenvalue weighted by Gasteiger charge is -2.17. The second-order valence-electron chi connectivity index (χ2n) is 6.82. The minimum Gasteiger partial charge on any atom is -0.349 e. The van der Waals surface area contributed by atoms with Gasteiger partial charge in [0.1, 0.15) is 0 Å². The van der Waals surface area contributed by atoms with Crippen LogP contribution >= 0.6 is 0 Å². The van der Waals surface area contributed by atoms with E-state index in [1.54, 1.807) is 0 Å². The highest BCUT2D eigenvalue weighted by Gasteiger charge is 2.27. The second-order valence-corrected chi connectivity index (χ2v) is 6.82. The van der Waals surface area contributed by atoms with Gasteiger partial charge in [0.15, 0.2) is 11.5 Å². The first-order chi connectivity index (χ1) is 12.5. The molecular weight excluding hydrogens is 328 g/mol. The highest BCUT2D eigenvalue weighted by molar-refractivity contribution is 6.05. The smallest absolute Gasteiger partial charge is 0.287 e. The van der Waals surface area contributed by atoms with Gasteiger partial charge in [0.05, 0.1) is 5.69 Å². The molecular formula is C20H26N4O2. The van der Waals surface area contributed by atoms with E-state index in [1.165, 1.54) is 0 Å². The number of fused-ring (bicyclic) bond motifs is 1. The van der Waals surface area contributed by atoms with Crippen LogP contribution in [0.25, 0.3) is 0 Å². The maximum Gasteiger partial charge on any atom is 0.287 e. The van der Waals surface area contributed by atoms with Crippen LogP contribution < -0.4 is 10.6 Å². The Bertz CT molecular complexity index is 818. The van der Waals surface area contributed by atoms with Gasteiger partial charge >= 0.3 is 0 Å². The first-order valence-electron chi connectivity index (χ1n) is 9.28. The Morgan fingerprint density at radius 1 is 1.15 bits per heavy atom. The summed E-state index contributed by atoms with van der Waals surface area (Å²) in [7, 11) is 0. The van der Waals surface area contributed by atoms with E-state index in [9.17, 15) is 9.59 Å². The Morgan fingerprint density at radius 2 is 1.88 bits per heavy atom. The quantitative estimate of drug-likeness (QED) is 0.865. The fourth-order valence-electron chi connectivity index (χ4n) is 3.40. The van der Waals surface area contributed by atoms with Crippen LogP contribution in [0.15, 0.2) is 18.2 Å². The highest BCUT2D eigenvalue weighted by Crippen LogP contribution is 2.24. The molecule has 2 aromatic rings. The number of nitrogens with zero attached hydrogens (tertiary/aromatic N) is 2. The number of amides is 2. The third-order valence-electron chi connectivity index (χ3n) is 4.79.